The van der Waals surface area contributed by atoms with Crippen LogP contribution >= 0.6 is 11.6 Å². The van der Waals surface area contributed by atoms with Crippen LogP contribution in [0.4, 0.5) is 13.2 Å². The van der Waals surface area contributed by atoms with Crippen molar-refractivity contribution < 1.29 is 22.8 Å². The van der Waals surface area contributed by atoms with Crippen molar-refractivity contribution in [2.75, 3.05) is 0 Å². The number of alkyl halides is 3. The van der Waals surface area contributed by atoms with E-state index >= 15 is 0 Å². The molecule has 1 unspecified atom stereocenters. The first kappa shape index (κ1) is 22.2. The van der Waals surface area contributed by atoms with Crippen LogP contribution in [-0.4, -0.2) is 11.8 Å². The minimum atomic E-state index is -4.84. The van der Waals surface area contributed by atoms with Crippen LogP contribution in [0.25, 0.3) is 0 Å². The lowest BCUT2D eigenvalue weighted by Crippen LogP contribution is -2.50. The summed E-state index contributed by atoms with van der Waals surface area (Å²) in [6, 6.07) is 9.36. The molecule has 2 aromatic carbocycles. The Bertz CT molecular complexity index is 971. The Balaban J connectivity index is 2.43. The van der Waals surface area contributed by atoms with Crippen molar-refractivity contribution in [1.29, 1.82) is 0 Å². The van der Waals surface area contributed by atoms with E-state index in [1.165, 1.54) is 12.1 Å². The Labute approximate surface area is 177 Å². The summed E-state index contributed by atoms with van der Waals surface area (Å²) >= 11 is 6.41. The Hall–Kier alpha value is -2.54. The number of hydrogen-bond donors (Lipinski definition) is 2. The van der Waals surface area contributed by atoms with E-state index < -0.39 is 34.9 Å². The molecule has 30 heavy (non-hydrogen) atoms. The molecule has 1 saturated carbocycles. The molecule has 0 aliphatic heterocycles. The van der Waals surface area contributed by atoms with Gasteiger partial charge in [0.1, 0.15) is 5.41 Å². The molecule has 1 aliphatic carbocycles. The molecule has 0 heterocycles. The smallest absolute Gasteiger partial charge is 0.369 e. The molecule has 1 fully saturated rings. The zero-order valence-electron chi connectivity index (χ0n) is 16.1. The third-order valence-corrected chi connectivity index (χ3v) is 6.27. The quantitative estimate of drug-likeness (QED) is 0.701. The number of hydrogen-bond acceptors (Lipinski definition) is 2. The van der Waals surface area contributed by atoms with E-state index in [-0.39, 0.29) is 21.7 Å². The van der Waals surface area contributed by atoms with Crippen molar-refractivity contribution in [2.24, 2.45) is 17.4 Å². The molecule has 4 N–H and O–H groups in total. The first-order valence-electron chi connectivity index (χ1n) is 9.66. The van der Waals surface area contributed by atoms with E-state index in [1.54, 1.807) is 18.2 Å². The highest BCUT2D eigenvalue weighted by Gasteiger charge is 2.52. The van der Waals surface area contributed by atoms with Crippen molar-refractivity contribution in [2.45, 2.75) is 43.7 Å². The van der Waals surface area contributed by atoms with Gasteiger partial charge in [-0.05, 0) is 48.1 Å². The molecule has 2 aromatic rings. The molecule has 1 aliphatic rings. The van der Waals surface area contributed by atoms with E-state index in [9.17, 15) is 22.8 Å². The largest absolute Gasteiger partial charge is 0.416 e. The van der Waals surface area contributed by atoms with E-state index in [2.05, 4.69) is 0 Å². The maximum absolute atomic E-state index is 14.1. The number of halogens is 4. The molecule has 3 rings (SSSR count). The predicted molar refractivity (Wildman–Crippen MR) is 108 cm³/mol. The summed E-state index contributed by atoms with van der Waals surface area (Å²) in [7, 11) is 0. The van der Waals surface area contributed by atoms with Crippen molar-refractivity contribution in [3.63, 3.8) is 0 Å². The monoisotopic (exact) mass is 438 g/mol. The molecule has 2 amide bonds. The zero-order valence-corrected chi connectivity index (χ0v) is 16.9. The van der Waals surface area contributed by atoms with Crippen molar-refractivity contribution in [1.82, 2.24) is 0 Å². The van der Waals surface area contributed by atoms with Crippen LogP contribution in [0.2, 0.25) is 5.02 Å². The van der Waals surface area contributed by atoms with Crippen LogP contribution in [0.1, 0.15) is 59.2 Å². The lowest BCUT2D eigenvalue weighted by atomic mass is 9.60. The average Bonchev–Trinajstić information content (AvgIpc) is 2.69. The van der Waals surface area contributed by atoms with Crippen molar-refractivity contribution in [3.05, 3.63) is 69.7 Å². The van der Waals surface area contributed by atoms with Crippen LogP contribution in [0.3, 0.4) is 0 Å². The molecule has 1 atom stereocenters. The van der Waals surface area contributed by atoms with Gasteiger partial charge >= 0.3 is 6.18 Å². The fourth-order valence-corrected chi connectivity index (χ4v) is 4.93. The number of carbonyl (C=O) groups excluding carboxylic acids is 2. The summed E-state index contributed by atoms with van der Waals surface area (Å²) in [5.41, 5.74) is 7.83. The van der Waals surface area contributed by atoms with Gasteiger partial charge in [-0.15, -0.1) is 0 Å². The van der Waals surface area contributed by atoms with Gasteiger partial charge in [0.05, 0.1) is 5.56 Å². The van der Waals surface area contributed by atoms with Gasteiger partial charge in [-0.2, -0.15) is 13.2 Å². The normalized spacial score (nSPS) is 17.3. The molecule has 0 saturated heterocycles. The maximum atomic E-state index is 14.1. The fourth-order valence-electron chi connectivity index (χ4n) is 4.64. The number of amides is 2. The summed E-state index contributed by atoms with van der Waals surface area (Å²) in [5, 5.41) is 0.161. The number of benzene rings is 2. The minimum Gasteiger partial charge on any atom is -0.369 e. The SMILES string of the molecule is NC(=O)c1ccc(C(C(N)=O)(c2ccccc2Cl)C2CCCCC2)c(C(F)(F)F)c1. The van der Waals surface area contributed by atoms with Crippen LogP contribution in [0.5, 0.6) is 0 Å². The molecule has 0 spiro atoms. The molecule has 0 bridgehead atoms. The Morgan fingerprint density at radius 2 is 1.53 bits per heavy atom. The van der Waals surface area contributed by atoms with Crippen LogP contribution in [0, 0.1) is 5.92 Å². The maximum Gasteiger partial charge on any atom is 0.416 e. The number of carbonyl (C=O) groups is 2. The summed E-state index contributed by atoms with van der Waals surface area (Å²) in [5.74, 6) is -2.36. The Morgan fingerprint density at radius 1 is 0.900 bits per heavy atom. The summed E-state index contributed by atoms with van der Waals surface area (Å²) < 4.78 is 42.4. The minimum absolute atomic E-state index is 0.161. The average molecular weight is 439 g/mol. The van der Waals surface area contributed by atoms with Crippen molar-refractivity contribution in [3.8, 4) is 0 Å². The first-order valence-corrected chi connectivity index (χ1v) is 10.0. The Morgan fingerprint density at radius 3 is 2.07 bits per heavy atom. The highest BCUT2D eigenvalue weighted by Crippen LogP contribution is 2.51. The fraction of sp³-hybridized carbons (Fsp3) is 0.364. The van der Waals surface area contributed by atoms with Gasteiger partial charge < -0.3 is 11.5 Å². The highest BCUT2D eigenvalue weighted by atomic mass is 35.5. The van der Waals surface area contributed by atoms with Gasteiger partial charge in [-0.3, -0.25) is 9.59 Å². The Kier molecular flexibility index (Phi) is 6.13. The van der Waals surface area contributed by atoms with Gasteiger partial charge in [0.25, 0.3) is 0 Å². The number of primary amides is 2. The molecule has 0 radical (unpaired) electrons. The molecule has 0 aromatic heterocycles. The second kappa shape index (κ2) is 8.30. The van der Waals surface area contributed by atoms with Gasteiger partial charge in [-0.25, -0.2) is 0 Å². The standard InChI is InChI=1S/C22H22ClF3N2O2/c23-18-9-5-4-8-16(18)21(20(28)30,14-6-2-1-3-7-14)15-11-10-13(19(27)29)12-17(15)22(24,25)26/h4-5,8-12,14H,1-3,6-7H2,(H2,27,29)(H2,28,30). The van der Waals surface area contributed by atoms with E-state index in [1.807, 2.05) is 0 Å². The van der Waals surface area contributed by atoms with E-state index in [4.69, 9.17) is 23.1 Å². The number of rotatable bonds is 5. The molecular formula is C22H22ClF3N2O2. The topological polar surface area (TPSA) is 86.2 Å². The molecule has 160 valence electrons. The molecule has 8 heteroatoms. The molecular weight excluding hydrogens is 417 g/mol. The van der Waals surface area contributed by atoms with E-state index in [0.717, 1.165) is 25.3 Å². The third-order valence-electron chi connectivity index (χ3n) is 5.94. The summed E-state index contributed by atoms with van der Waals surface area (Å²) in [6.45, 7) is 0. The van der Waals surface area contributed by atoms with E-state index in [0.29, 0.717) is 18.9 Å². The lowest BCUT2D eigenvalue weighted by Gasteiger charge is -2.42. The lowest BCUT2D eigenvalue weighted by molar-refractivity contribution is -0.139. The van der Waals surface area contributed by atoms with Gasteiger partial charge in [0, 0.05) is 10.6 Å². The molecule has 4 nitrogen and oxygen atoms in total. The summed E-state index contributed by atoms with van der Waals surface area (Å²) in [6.07, 6.45) is -1.31. The van der Waals surface area contributed by atoms with Gasteiger partial charge in [0.2, 0.25) is 11.8 Å². The van der Waals surface area contributed by atoms with Crippen LogP contribution in [-0.2, 0) is 16.4 Å². The summed E-state index contributed by atoms with van der Waals surface area (Å²) in [4.78, 5) is 24.6. The second-order valence-corrected chi connectivity index (χ2v) is 8.02. The predicted octanol–water partition coefficient (Wildman–Crippen LogP) is 4.81. The number of nitrogens with two attached hydrogens (primary N) is 2. The third kappa shape index (κ3) is 3.78. The first-order chi connectivity index (χ1) is 14.1. The van der Waals surface area contributed by atoms with Crippen LogP contribution in [0.15, 0.2) is 42.5 Å². The second-order valence-electron chi connectivity index (χ2n) is 7.61. The highest BCUT2D eigenvalue weighted by molar-refractivity contribution is 6.32. The van der Waals surface area contributed by atoms with Crippen LogP contribution < -0.4 is 11.5 Å². The van der Waals surface area contributed by atoms with Crippen molar-refractivity contribution >= 4 is 23.4 Å². The zero-order chi connectivity index (χ0) is 22.1. The van der Waals surface area contributed by atoms with Gasteiger partial charge in [0.15, 0.2) is 0 Å². The van der Waals surface area contributed by atoms with Gasteiger partial charge in [-0.1, -0.05) is 55.1 Å².